The number of methoxy groups -OCH3 is 1. The Kier molecular flexibility index (Phi) is 5.12. The fraction of sp³-hybridized carbons (Fsp3) is 0.333. The van der Waals surface area contributed by atoms with E-state index in [2.05, 4.69) is 4.98 Å². The molecule has 0 aliphatic carbocycles. The van der Waals surface area contributed by atoms with Crippen LogP contribution in [0.5, 0.6) is 5.75 Å². The summed E-state index contributed by atoms with van der Waals surface area (Å²) >= 11 is 1.57. The fourth-order valence-corrected chi connectivity index (χ4v) is 2.53. The molecule has 0 N–H and O–H groups in total. The van der Waals surface area contributed by atoms with Gasteiger partial charge in [0, 0.05) is 25.0 Å². The van der Waals surface area contributed by atoms with Crippen molar-refractivity contribution in [2.75, 3.05) is 14.2 Å². The lowest BCUT2D eigenvalue weighted by atomic mass is 10.1. The van der Waals surface area contributed by atoms with E-state index in [0.29, 0.717) is 13.0 Å². The second kappa shape index (κ2) is 7.05. The lowest BCUT2D eigenvalue weighted by Crippen LogP contribution is -2.26. The molecule has 0 aliphatic heterocycles. The number of rotatable bonds is 6. The summed E-state index contributed by atoms with van der Waals surface area (Å²) in [6.45, 7) is 0.582. The van der Waals surface area contributed by atoms with Gasteiger partial charge in [0.05, 0.1) is 13.7 Å². The van der Waals surface area contributed by atoms with Crippen LogP contribution in [0.3, 0.4) is 0 Å². The molecule has 5 heteroatoms. The molecule has 20 heavy (non-hydrogen) atoms. The molecule has 2 rings (SSSR count). The largest absolute Gasteiger partial charge is 0.497 e. The highest BCUT2D eigenvalue weighted by Crippen LogP contribution is 2.13. The molecule has 1 aromatic heterocycles. The minimum atomic E-state index is 0.135. The number of thiazole rings is 1. The summed E-state index contributed by atoms with van der Waals surface area (Å²) in [6, 6.07) is 7.82. The first kappa shape index (κ1) is 14.5. The second-order valence-corrected chi connectivity index (χ2v) is 5.50. The van der Waals surface area contributed by atoms with Gasteiger partial charge in [-0.15, -0.1) is 11.3 Å². The van der Waals surface area contributed by atoms with Gasteiger partial charge in [-0.3, -0.25) is 4.79 Å². The summed E-state index contributed by atoms with van der Waals surface area (Å²) < 4.78 is 5.11. The van der Waals surface area contributed by atoms with Crippen LogP contribution in [0.15, 0.2) is 35.8 Å². The Balaban J connectivity index is 1.81. The van der Waals surface area contributed by atoms with Gasteiger partial charge in [-0.2, -0.15) is 0 Å². The first-order valence-electron chi connectivity index (χ1n) is 6.44. The molecule has 0 radical (unpaired) electrons. The summed E-state index contributed by atoms with van der Waals surface area (Å²) in [4.78, 5) is 18.0. The molecule has 4 nitrogen and oxygen atoms in total. The van der Waals surface area contributed by atoms with Crippen molar-refractivity contribution in [1.29, 1.82) is 0 Å². The van der Waals surface area contributed by atoms with Crippen LogP contribution >= 0.6 is 11.3 Å². The quantitative estimate of drug-likeness (QED) is 0.821. The summed E-state index contributed by atoms with van der Waals surface area (Å²) in [7, 11) is 3.46. The van der Waals surface area contributed by atoms with Gasteiger partial charge >= 0.3 is 0 Å². The molecule has 0 unspecified atom stereocenters. The molecule has 0 atom stereocenters. The zero-order valence-electron chi connectivity index (χ0n) is 11.7. The van der Waals surface area contributed by atoms with Gasteiger partial charge in [-0.1, -0.05) is 12.1 Å². The topological polar surface area (TPSA) is 42.4 Å². The summed E-state index contributed by atoms with van der Waals surface area (Å²) in [5.41, 5.74) is 1.14. The van der Waals surface area contributed by atoms with E-state index in [-0.39, 0.29) is 5.91 Å². The fourth-order valence-electron chi connectivity index (χ4n) is 1.86. The molecular weight excluding hydrogens is 272 g/mol. The molecule has 0 aliphatic rings. The highest BCUT2D eigenvalue weighted by Gasteiger charge is 2.10. The number of ether oxygens (including phenoxy) is 1. The van der Waals surface area contributed by atoms with Gasteiger partial charge in [-0.25, -0.2) is 4.98 Å². The molecule has 0 fully saturated rings. The van der Waals surface area contributed by atoms with Crippen molar-refractivity contribution < 1.29 is 9.53 Å². The maximum absolute atomic E-state index is 12.0. The minimum absolute atomic E-state index is 0.135. The molecule has 106 valence electrons. The van der Waals surface area contributed by atoms with Crippen molar-refractivity contribution in [1.82, 2.24) is 9.88 Å². The van der Waals surface area contributed by atoms with Gasteiger partial charge in [0.15, 0.2) is 0 Å². The van der Waals surface area contributed by atoms with E-state index in [9.17, 15) is 4.79 Å². The zero-order chi connectivity index (χ0) is 14.4. The number of benzene rings is 1. The maximum atomic E-state index is 12.0. The number of hydrogen-bond acceptors (Lipinski definition) is 4. The molecule has 0 saturated heterocycles. The van der Waals surface area contributed by atoms with Crippen molar-refractivity contribution >= 4 is 17.2 Å². The Labute approximate surface area is 123 Å². The van der Waals surface area contributed by atoms with Gasteiger partial charge in [0.1, 0.15) is 10.8 Å². The van der Waals surface area contributed by atoms with Crippen LogP contribution in [-0.2, 0) is 17.8 Å². The molecule has 0 bridgehead atoms. The number of carbonyl (C=O) groups excluding carboxylic acids is 1. The normalized spacial score (nSPS) is 10.3. The van der Waals surface area contributed by atoms with Crippen molar-refractivity contribution in [3.05, 3.63) is 46.4 Å². The van der Waals surface area contributed by atoms with Crippen molar-refractivity contribution in [3.8, 4) is 5.75 Å². The average molecular weight is 290 g/mol. The number of amides is 1. The standard InChI is InChI=1S/C15H18N2O2S/c1-17(11-14-16-9-10-20-14)15(18)8-5-12-3-6-13(19-2)7-4-12/h3-4,6-7,9-10H,5,8,11H2,1-2H3. The molecule has 1 heterocycles. The van der Waals surface area contributed by atoms with Crippen molar-refractivity contribution in [2.24, 2.45) is 0 Å². The van der Waals surface area contributed by atoms with Crippen LogP contribution < -0.4 is 4.74 Å². The first-order valence-corrected chi connectivity index (χ1v) is 7.32. The maximum Gasteiger partial charge on any atom is 0.223 e. The minimum Gasteiger partial charge on any atom is -0.497 e. The monoisotopic (exact) mass is 290 g/mol. The average Bonchev–Trinajstić information content (AvgIpc) is 2.98. The van der Waals surface area contributed by atoms with E-state index < -0.39 is 0 Å². The third-order valence-electron chi connectivity index (χ3n) is 3.07. The van der Waals surface area contributed by atoms with Crippen LogP contribution in [0.1, 0.15) is 17.0 Å². The number of nitrogens with zero attached hydrogens (tertiary/aromatic N) is 2. The number of aryl methyl sites for hydroxylation is 1. The van der Waals surface area contributed by atoms with Crippen LogP contribution in [0.25, 0.3) is 0 Å². The van der Waals surface area contributed by atoms with E-state index >= 15 is 0 Å². The Morgan fingerprint density at radius 3 is 2.70 bits per heavy atom. The molecule has 0 spiro atoms. The van der Waals surface area contributed by atoms with Crippen molar-refractivity contribution in [2.45, 2.75) is 19.4 Å². The van der Waals surface area contributed by atoms with E-state index in [1.165, 1.54) is 0 Å². The third kappa shape index (κ3) is 4.06. The molecule has 2 aromatic rings. The van der Waals surface area contributed by atoms with Crippen LogP contribution in [0.4, 0.5) is 0 Å². The summed E-state index contributed by atoms with van der Waals surface area (Å²) in [5.74, 6) is 0.969. The predicted molar refractivity (Wildman–Crippen MR) is 79.9 cm³/mol. The van der Waals surface area contributed by atoms with E-state index in [1.807, 2.05) is 36.7 Å². The van der Waals surface area contributed by atoms with Crippen LogP contribution in [0, 0.1) is 0 Å². The second-order valence-electron chi connectivity index (χ2n) is 4.52. The van der Waals surface area contributed by atoms with Gasteiger partial charge < -0.3 is 9.64 Å². The Bertz CT molecular complexity index is 538. The molecule has 1 amide bonds. The highest BCUT2D eigenvalue weighted by molar-refractivity contribution is 7.09. The van der Waals surface area contributed by atoms with E-state index in [1.54, 1.807) is 29.5 Å². The molecule has 0 saturated carbocycles. The van der Waals surface area contributed by atoms with E-state index in [4.69, 9.17) is 4.74 Å². The smallest absolute Gasteiger partial charge is 0.223 e. The van der Waals surface area contributed by atoms with E-state index in [0.717, 1.165) is 22.7 Å². The lowest BCUT2D eigenvalue weighted by Gasteiger charge is -2.15. The lowest BCUT2D eigenvalue weighted by molar-refractivity contribution is -0.130. The van der Waals surface area contributed by atoms with Crippen molar-refractivity contribution in [3.63, 3.8) is 0 Å². The first-order chi connectivity index (χ1) is 9.69. The number of aromatic nitrogens is 1. The predicted octanol–water partition coefficient (Wildman–Crippen LogP) is 2.74. The van der Waals surface area contributed by atoms with Gasteiger partial charge in [-0.05, 0) is 24.1 Å². The highest BCUT2D eigenvalue weighted by atomic mass is 32.1. The number of carbonyl (C=O) groups is 1. The Hall–Kier alpha value is -1.88. The summed E-state index contributed by atoms with van der Waals surface area (Å²) in [6.07, 6.45) is 3.01. The SMILES string of the molecule is COc1ccc(CCC(=O)N(C)Cc2nccs2)cc1. The van der Waals surface area contributed by atoms with Crippen LogP contribution in [0.2, 0.25) is 0 Å². The number of hydrogen-bond donors (Lipinski definition) is 0. The molecular formula is C15H18N2O2S. The Morgan fingerprint density at radius 2 is 2.10 bits per heavy atom. The summed E-state index contributed by atoms with van der Waals surface area (Å²) in [5, 5.41) is 2.88. The molecule has 1 aromatic carbocycles. The third-order valence-corrected chi connectivity index (χ3v) is 3.83. The van der Waals surface area contributed by atoms with Gasteiger partial charge in [0.25, 0.3) is 0 Å². The van der Waals surface area contributed by atoms with Gasteiger partial charge in [0.2, 0.25) is 5.91 Å². The zero-order valence-corrected chi connectivity index (χ0v) is 12.5. The Morgan fingerprint density at radius 1 is 1.35 bits per heavy atom. The van der Waals surface area contributed by atoms with Crippen LogP contribution in [-0.4, -0.2) is 29.9 Å².